The van der Waals surface area contributed by atoms with E-state index in [-0.39, 0.29) is 29.3 Å². The summed E-state index contributed by atoms with van der Waals surface area (Å²) >= 11 is 0. The van der Waals surface area contributed by atoms with Gasteiger partial charge in [-0.15, -0.1) is 12.4 Å². The molecule has 0 heterocycles. The Labute approximate surface area is 132 Å². The second kappa shape index (κ2) is 8.99. The van der Waals surface area contributed by atoms with Gasteiger partial charge in [0.25, 0.3) is 0 Å². The van der Waals surface area contributed by atoms with Crippen molar-refractivity contribution in [2.75, 3.05) is 20.6 Å². The standard InChI is InChI=1S/C13H21N3O3S.ClH/c1-10(16-13(17)7-8-14-2)11-5-4-6-12(9-11)20(18,19)15-3;/h4-6,9-10,14-15H,7-8H2,1-3H3,(H,16,17);1H. The predicted molar refractivity (Wildman–Crippen MR) is 85.0 cm³/mol. The van der Waals surface area contributed by atoms with Gasteiger partial charge in [0.15, 0.2) is 0 Å². The number of rotatable bonds is 7. The Morgan fingerprint density at radius 3 is 2.52 bits per heavy atom. The highest BCUT2D eigenvalue weighted by atomic mass is 35.5. The van der Waals surface area contributed by atoms with Crippen molar-refractivity contribution < 1.29 is 13.2 Å². The fraction of sp³-hybridized carbons (Fsp3) is 0.462. The zero-order valence-corrected chi connectivity index (χ0v) is 14.0. The van der Waals surface area contributed by atoms with Gasteiger partial charge in [-0.2, -0.15) is 0 Å². The van der Waals surface area contributed by atoms with E-state index in [0.717, 1.165) is 5.56 Å². The molecular formula is C13H22ClN3O3S. The van der Waals surface area contributed by atoms with Gasteiger partial charge in [0, 0.05) is 13.0 Å². The fourth-order valence-electron chi connectivity index (χ4n) is 1.70. The number of amides is 1. The van der Waals surface area contributed by atoms with E-state index < -0.39 is 10.0 Å². The molecule has 8 heteroatoms. The van der Waals surface area contributed by atoms with Crippen LogP contribution in [0, 0.1) is 0 Å². The molecule has 1 unspecified atom stereocenters. The van der Waals surface area contributed by atoms with E-state index in [1.807, 2.05) is 6.92 Å². The molecule has 1 amide bonds. The van der Waals surface area contributed by atoms with E-state index in [1.165, 1.54) is 13.1 Å². The van der Waals surface area contributed by atoms with E-state index >= 15 is 0 Å². The van der Waals surface area contributed by atoms with Crippen LogP contribution in [0.5, 0.6) is 0 Å². The van der Waals surface area contributed by atoms with Crippen molar-refractivity contribution in [3.05, 3.63) is 29.8 Å². The molecule has 1 atom stereocenters. The molecule has 0 aliphatic rings. The van der Waals surface area contributed by atoms with Crippen molar-refractivity contribution in [1.82, 2.24) is 15.4 Å². The number of carbonyl (C=O) groups is 1. The quantitative estimate of drug-likeness (QED) is 0.688. The average molecular weight is 336 g/mol. The summed E-state index contributed by atoms with van der Waals surface area (Å²) < 4.78 is 25.7. The Kier molecular flexibility index (Phi) is 8.50. The van der Waals surface area contributed by atoms with Crippen LogP contribution >= 0.6 is 12.4 Å². The molecule has 0 saturated carbocycles. The Balaban J connectivity index is 0.00000400. The molecule has 0 radical (unpaired) electrons. The predicted octanol–water partition coefficient (Wildman–Crippen LogP) is 0.803. The smallest absolute Gasteiger partial charge is 0.240 e. The lowest BCUT2D eigenvalue weighted by atomic mass is 10.1. The molecule has 1 rings (SSSR count). The molecule has 3 N–H and O–H groups in total. The van der Waals surface area contributed by atoms with Crippen LogP contribution in [0.4, 0.5) is 0 Å². The number of hydrogen-bond acceptors (Lipinski definition) is 4. The molecular weight excluding hydrogens is 314 g/mol. The molecule has 6 nitrogen and oxygen atoms in total. The third-order valence-electron chi connectivity index (χ3n) is 2.92. The fourth-order valence-corrected chi connectivity index (χ4v) is 2.49. The second-order valence-corrected chi connectivity index (χ2v) is 6.31. The highest BCUT2D eigenvalue weighted by Gasteiger charge is 2.14. The van der Waals surface area contributed by atoms with Crippen LogP contribution in [0.1, 0.15) is 24.9 Å². The minimum absolute atomic E-state index is 0. The summed E-state index contributed by atoms with van der Waals surface area (Å²) in [7, 11) is -0.323. The normalized spacial score (nSPS) is 12.3. The van der Waals surface area contributed by atoms with Gasteiger partial charge in [0.05, 0.1) is 10.9 Å². The highest BCUT2D eigenvalue weighted by molar-refractivity contribution is 7.89. The Morgan fingerprint density at radius 1 is 1.29 bits per heavy atom. The highest BCUT2D eigenvalue weighted by Crippen LogP contribution is 2.17. The minimum atomic E-state index is -3.47. The lowest BCUT2D eigenvalue weighted by Crippen LogP contribution is -2.29. The zero-order chi connectivity index (χ0) is 15.2. The maximum absolute atomic E-state index is 11.7. The van der Waals surface area contributed by atoms with Gasteiger partial charge >= 0.3 is 0 Å². The largest absolute Gasteiger partial charge is 0.350 e. The van der Waals surface area contributed by atoms with E-state index in [1.54, 1.807) is 25.2 Å². The van der Waals surface area contributed by atoms with Crippen LogP contribution in [0.25, 0.3) is 0 Å². The van der Waals surface area contributed by atoms with Gasteiger partial charge in [0.1, 0.15) is 0 Å². The number of sulfonamides is 1. The molecule has 0 saturated heterocycles. The molecule has 120 valence electrons. The average Bonchev–Trinajstić information content (AvgIpc) is 2.45. The molecule has 1 aromatic rings. The zero-order valence-electron chi connectivity index (χ0n) is 12.3. The monoisotopic (exact) mass is 335 g/mol. The van der Waals surface area contributed by atoms with E-state index in [4.69, 9.17) is 0 Å². The van der Waals surface area contributed by atoms with Crippen molar-refractivity contribution in [1.29, 1.82) is 0 Å². The van der Waals surface area contributed by atoms with Crippen LogP contribution in [0.2, 0.25) is 0 Å². The lowest BCUT2D eigenvalue weighted by molar-refractivity contribution is -0.121. The summed E-state index contributed by atoms with van der Waals surface area (Å²) in [6.45, 7) is 2.43. The van der Waals surface area contributed by atoms with Gasteiger partial charge in [-0.3, -0.25) is 4.79 Å². The molecule has 0 bridgehead atoms. The van der Waals surface area contributed by atoms with Crippen LogP contribution in [-0.2, 0) is 14.8 Å². The van der Waals surface area contributed by atoms with Crippen molar-refractivity contribution in [3.63, 3.8) is 0 Å². The number of nitrogens with one attached hydrogen (secondary N) is 3. The molecule has 0 fully saturated rings. The molecule has 0 aromatic heterocycles. The Hall–Kier alpha value is -1.15. The summed E-state index contributed by atoms with van der Waals surface area (Å²) in [5.74, 6) is -0.0753. The molecule has 21 heavy (non-hydrogen) atoms. The van der Waals surface area contributed by atoms with E-state index in [0.29, 0.717) is 13.0 Å². The van der Waals surface area contributed by atoms with Gasteiger partial charge in [0.2, 0.25) is 15.9 Å². The van der Waals surface area contributed by atoms with Crippen molar-refractivity contribution >= 4 is 28.3 Å². The molecule has 1 aromatic carbocycles. The Morgan fingerprint density at radius 2 is 1.95 bits per heavy atom. The summed E-state index contributed by atoms with van der Waals surface area (Å²) in [4.78, 5) is 11.8. The van der Waals surface area contributed by atoms with Crippen LogP contribution in [-0.4, -0.2) is 35.0 Å². The SMILES string of the molecule is CNCCC(=O)NC(C)c1cccc(S(=O)(=O)NC)c1.Cl. The van der Waals surface area contributed by atoms with Crippen molar-refractivity contribution in [2.45, 2.75) is 24.3 Å². The van der Waals surface area contributed by atoms with Gasteiger partial charge in [-0.1, -0.05) is 12.1 Å². The summed E-state index contributed by atoms with van der Waals surface area (Å²) in [5, 5.41) is 5.73. The first-order chi connectivity index (χ1) is 9.40. The molecule has 0 aliphatic carbocycles. The summed E-state index contributed by atoms with van der Waals surface area (Å²) in [6.07, 6.45) is 0.384. The van der Waals surface area contributed by atoms with Crippen LogP contribution in [0.3, 0.4) is 0 Å². The van der Waals surface area contributed by atoms with Gasteiger partial charge in [-0.25, -0.2) is 13.1 Å². The first-order valence-corrected chi connectivity index (χ1v) is 7.86. The number of halogens is 1. The van der Waals surface area contributed by atoms with Gasteiger partial charge in [-0.05, 0) is 38.7 Å². The van der Waals surface area contributed by atoms with E-state index in [2.05, 4.69) is 15.4 Å². The number of hydrogen-bond donors (Lipinski definition) is 3. The lowest BCUT2D eigenvalue weighted by Gasteiger charge is -2.15. The third kappa shape index (κ3) is 6.01. The summed E-state index contributed by atoms with van der Waals surface area (Å²) in [5.41, 5.74) is 0.749. The minimum Gasteiger partial charge on any atom is -0.350 e. The first-order valence-electron chi connectivity index (χ1n) is 6.38. The second-order valence-electron chi connectivity index (χ2n) is 4.42. The molecule has 0 aliphatic heterocycles. The Bertz CT molecular complexity index is 564. The van der Waals surface area contributed by atoms with Crippen LogP contribution in [0.15, 0.2) is 29.2 Å². The number of carbonyl (C=O) groups excluding carboxylic acids is 1. The topological polar surface area (TPSA) is 87.3 Å². The van der Waals surface area contributed by atoms with E-state index in [9.17, 15) is 13.2 Å². The molecule has 0 spiro atoms. The van der Waals surface area contributed by atoms with Crippen LogP contribution < -0.4 is 15.4 Å². The van der Waals surface area contributed by atoms with Gasteiger partial charge < -0.3 is 10.6 Å². The third-order valence-corrected chi connectivity index (χ3v) is 4.33. The van der Waals surface area contributed by atoms with Crippen molar-refractivity contribution in [3.8, 4) is 0 Å². The maximum Gasteiger partial charge on any atom is 0.240 e. The maximum atomic E-state index is 11.7. The van der Waals surface area contributed by atoms with Crippen molar-refractivity contribution in [2.24, 2.45) is 0 Å². The number of benzene rings is 1. The first kappa shape index (κ1) is 19.9. The summed E-state index contributed by atoms with van der Waals surface area (Å²) in [6, 6.07) is 6.29.